The van der Waals surface area contributed by atoms with Gasteiger partial charge in [-0.2, -0.15) is 0 Å². The third-order valence-electron chi connectivity index (χ3n) is 9.44. The number of allylic oxidation sites excluding steroid dienone is 7. The summed E-state index contributed by atoms with van der Waals surface area (Å²) in [6, 6.07) is -0.999. The van der Waals surface area contributed by atoms with E-state index in [2.05, 4.69) is 55.6 Å². The summed E-state index contributed by atoms with van der Waals surface area (Å²) in [6.45, 7) is 3.83. The Morgan fingerprint density at radius 3 is 1.74 bits per heavy atom. The Bertz CT molecular complexity index is 1000. The fraction of sp³-hybridized carbons (Fsp3) is 0.795. The second kappa shape index (κ2) is 39.6. The van der Waals surface area contributed by atoms with Gasteiger partial charge in [0.25, 0.3) is 0 Å². The zero-order valence-electron chi connectivity index (χ0n) is 34.6. The van der Waals surface area contributed by atoms with Crippen LogP contribution in [0.25, 0.3) is 0 Å². The van der Waals surface area contributed by atoms with Crippen molar-refractivity contribution in [1.82, 2.24) is 5.32 Å². The Balaban J connectivity index is 4.29. The van der Waals surface area contributed by atoms with E-state index in [1.165, 1.54) is 109 Å². The number of rotatable bonds is 40. The zero-order chi connectivity index (χ0) is 39.8. The first-order valence-electron chi connectivity index (χ1n) is 21.8. The number of aliphatic hydroxyl groups excluding tert-OH is 2. The molecule has 0 aliphatic carbocycles. The van der Waals surface area contributed by atoms with E-state index in [9.17, 15) is 24.5 Å². The summed E-state index contributed by atoms with van der Waals surface area (Å²) >= 11 is 0. The minimum absolute atomic E-state index is 0.0434. The summed E-state index contributed by atoms with van der Waals surface area (Å²) in [5, 5.41) is 24.0. The smallest absolute Gasteiger partial charge is 0.393 e. The lowest BCUT2D eigenvalue weighted by atomic mass is 10.0. The first-order chi connectivity index (χ1) is 26.3. The molecule has 0 saturated carbocycles. The molecule has 0 saturated heterocycles. The van der Waals surface area contributed by atoms with Gasteiger partial charge in [0.05, 0.1) is 37.9 Å². The molecular weight excluding hydrogens is 699 g/mol. The lowest BCUT2D eigenvalue weighted by molar-refractivity contribution is -0.124. The van der Waals surface area contributed by atoms with Crippen LogP contribution in [0.5, 0.6) is 0 Å². The number of unbranched alkanes of at least 4 members (excludes halogenated alkanes) is 20. The van der Waals surface area contributed by atoms with Gasteiger partial charge < -0.3 is 26.2 Å². The molecule has 4 atom stereocenters. The molecule has 0 aromatic rings. The maximum Gasteiger partial charge on any atom is 0.472 e. The van der Waals surface area contributed by atoms with Crippen LogP contribution in [0.2, 0.25) is 0 Å². The summed E-state index contributed by atoms with van der Waals surface area (Å²) in [7, 11) is -4.41. The molecule has 0 radical (unpaired) electrons. The highest BCUT2D eigenvalue weighted by atomic mass is 31.2. The average molecular weight is 783 g/mol. The molecule has 0 heterocycles. The molecule has 1 amide bonds. The molecule has 0 aromatic heterocycles. The van der Waals surface area contributed by atoms with E-state index in [1.54, 1.807) is 6.08 Å². The van der Waals surface area contributed by atoms with Crippen molar-refractivity contribution in [2.45, 2.75) is 205 Å². The number of phosphoric acid groups is 1. The molecule has 0 aromatic carbocycles. The van der Waals surface area contributed by atoms with Crippen molar-refractivity contribution in [3.8, 4) is 0 Å². The van der Waals surface area contributed by atoms with E-state index in [4.69, 9.17) is 14.8 Å². The van der Waals surface area contributed by atoms with Crippen molar-refractivity contribution in [3.05, 3.63) is 48.6 Å². The Kier molecular flexibility index (Phi) is 38.5. The molecule has 0 rings (SSSR count). The molecule has 0 aliphatic heterocycles. The van der Waals surface area contributed by atoms with Gasteiger partial charge in [0.1, 0.15) is 0 Å². The highest BCUT2D eigenvalue weighted by Gasteiger charge is 2.27. The van der Waals surface area contributed by atoms with Crippen LogP contribution in [0.15, 0.2) is 48.6 Å². The molecule has 316 valence electrons. The molecule has 10 heteroatoms. The van der Waals surface area contributed by atoms with Gasteiger partial charge in [0.15, 0.2) is 0 Å². The van der Waals surface area contributed by atoms with E-state index in [0.29, 0.717) is 12.8 Å². The van der Waals surface area contributed by atoms with Crippen LogP contribution in [0.4, 0.5) is 0 Å². The number of hydrogen-bond donors (Lipinski definition) is 5. The number of hydrogen-bond acceptors (Lipinski definition) is 7. The van der Waals surface area contributed by atoms with Crippen molar-refractivity contribution in [2.24, 2.45) is 5.73 Å². The van der Waals surface area contributed by atoms with Crippen molar-refractivity contribution >= 4 is 13.7 Å². The van der Waals surface area contributed by atoms with Gasteiger partial charge in [-0.25, -0.2) is 4.57 Å². The molecule has 0 fully saturated rings. The van der Waals surface area contributed by atoms with Gasteiger partial charge >= 0.3 is 7.82 Å². The van der Waals surface area contributed by atoms with Crippen LogP contribution in [-0.2, 0) is 18.4 Å². The molecule has 9 nitrogen and oxygen atoms in total. The van der Waals surface area contributed by atoms with Gasteiger partial charge in [-0.05, 0) is 57.8 Å². The number of nitrogens with one attached hydrogen (secondary N) is 1. The summed E-state index contributed by atoms with van der Waals surface area (Å²) in [4.78, 5) is 22.7. The highest BCUT2D eigenvalue weighted by molar-refractivity contribution is 7.47. The van der Waals surface area contributed by atoms with Gasteiger partial charge in [-0.1, -0.05) is 172 Å². The summed E-state index contributed by atoms with van der Waals surface area (Å²) < 4.78 is 22.0. The summed E-state index contributed by atoms with van der Waals surface area (Å²) in [6.07, 6.45) is 44.9. The Hall–Kier alpha value is -1.58. The molecule has 0 bridgehead atoms. The maximum atomic E-state index is 12.8. The lowest BCUT2D eigenvalue weighted by Crippen LogP contribution is -2.46. The maximum absolute atomic E-state index is 12.8. The molecule has 0 aliphatic rings. The van der Waals surface area contributed by atoms with Crippen LogP contribution in [0, 0.1) is 0 Å². The number of carbonyl (C=O) groups is 1. The zero-order valence-corrected chi connectivity index (χ0v) is 35.5. The fourth-order valence-electron chi connectivity index (χ4n) is 6.17. The predicted molar refractivity (Wildman–Crippen MR) is 227 cm³/mol. The number of aliphatic hydroxyl groups is 2. The van der Waals surface area contributed by atoms with Crippen molar-refractivity contribution in [1.29, 1.82) is 0 Å². The van der Waals surface area contributed by atoms with Crippen molar-refractivity contribution in [2.75, 3.05) is 19.8 Å². The summed E-state index contributed by atoms with van der Waals surface area (Å²) in [5.74, 6) is -0.459. The number of nitrogens with two attached hydrogens (primary N) is 1. The van der Waals surface area contributed by atoms with Crippen LogP contribution >= 0.6 is 7.82 Å². The minimum atomic E-state index is -4.41. The number of carbonyl (C=O) groups excluding carboxylic acids is 1. The van der Waals surface area contributed by atoms with E-state index in [0.717, 1.165) is 44.9 Å². The topological polar surface area (TPSA) is 151 Å². The molecule has 54 heavy (non-hydrogen) atoms. The monoisotopic (exact) mass is 783 g/mol. The molecule has 4 unspecified atom stereocenters. The van der Waals surface area contributed by atoms with Gasteiger partial charge in [0, 0.05) is 6.54 Å². The number of amides is 1. The average Bonchev–Trinajstić information content (AvgIpc) is 3.15. The standard InChI is InChI=1S/C44H83N2O7P/c1-3-5-7-9-11-13-15-17-18-19-20-21-22-24-25-27-29-31-33-35-41(47)39-44(49)46-42(40-53-54(50,51)52-38-37-45)43(48)36-34-32-30-28-26-23-16-14-12-10-8-6-4-2/h5,7,11,13,26,28,34,36,41-43,47-48H,3-4,6,8-10,12,14-25,27,29-33,35,37-40,45H2,1-2H3,(H,46,49)(H,50,51)/b7-5-,13-11-,28-26+,36-34+. The van der Waals surface area contributed by atoms with E-state index in [1.807, 2.05) is 6.08 Å². The normalized spacial score (nSPS) is 15.1. The Morgan fingerprint density at radius 1 is 0.667 bits per heavy atom. The second-order valence-electron chi connectivity index (χ2n) is 14.7. The second-order valence-corrected chi connectivity index (χ2v) is 16.2. The quantitative estimate of drug-likeness (QED) is 0.0234. The van der Waals surface area contributed by atoms with Crippen LogP contribution in [0.3, 0.4) is 0 Å². The molecule has 6 N–H and O–H groups in total. The van der Waals surface area contributed by atoms with Crippen molar-refractivity contribution < 1.29 is 33.5 Å². The minimum Gasteiger partial charge on any atom is -0.393 e. The Morgan fingerprint density at radius 2 is 1.17 bits per heavy atom. The summed E-state index contributed by atoms with van der Waals surface area (Å²) in [5.41, 5.74) is 5.36. The van der Waals surface area contributed by atoms with Gasteiger partial charge in [0.2, 0.25) is 5.91 Å². The van der Waals surface area contributed by atoms with Gasteiger partial charge in [-0.3, -0.25) is 13.8 Å². The molecular formula is C44H83N2O7P. The van der Waals surface area contributed by atoms with Gasteiger partial charge in [-0.15, -0.1) is 0 Å². The first kappa shape index (κ1) is 52.4. The van der Waals surface area contributed by atoms with E-state index in [-0.39, 0.29) is 19.6 Å². The number of phosphoric ester groups is 1. The SMILES string of the molecule is CC/C=C\C/C=C\CCCCCCCCCCCCCCC(O)CC(=O)NC(COP(=O)(O)OCCN)C(O)/C=C/CC/C=C/CCCCCCCCC. The van der Waals surface area contributed by atoms with Crippen LogP contribution in [-0.4, -0.2) is 59.0 Å². The van der Waals surface area contributed by atoms with E-state index < -0.39 is 38.6 Å². The van der Waals surface area contributed by atoms with Crippen LogP contribution < -0.4 is 11.1 Å². The largest absolute Gasteiger partial charge is 0.472 e. The predicted octanol–water partition coefficient (Wildman–Crippen LogP) is 11.1. The third-order valence-corrected chi connectivity index (χ3v) is 10.4. The van der Waals surface area contributed by atoms with Crippen molar-refractivity contribution in [3.63, 3.8) is 0 Å². The fourth-order valence-corrected chi connectivity index (χ4v) is 6.93. The van der Waals surface area contributed by atoms with Crippen LogP contribution in [0.1, 0.15) is 187 Å². The molecule has 0 spiro atoms. The lowest BCUT2D eigenvalue weighted by Gasteiger charge is -2.24. The highest BCUT2D eigenvalue weighted by Crippen LogP contribution is 2.43. The third kappa shape index (κ3) is 37.3. The van der Waals surface area contributed by atoms with E-state index >= 15 is 0 Å². The Labute approximate surface area is 331 Å². The first-order valence-corrected chi connectivity index (χ1v) is 23.3.